The van der Waals surface area contributed by atoms with Crippen molar-refractivity contribution in [2.24, 2.45) is 0 Å². The third-order valence-electron chi connectivity index (χ3n) is 5.96. The lowest BCUT2D eigenvalue weighted by atomic mass is 9.95. The molecule has 0 saturated heterocycles. The summed E-state index contributed by atoms with van der Waals surface area (Å²) in [7, 11) is 0. The van der Waals surface area contributed by atoms with E-state index in [4.69, 9.17) is 9.97 Å². The molecule has 0 radical (unpaired) electrons. The van der Waals surface area contributed by atoms with Crippen molar-refractivity contribution in [2.75, 3.05) is 19.6 Å². The molecule has 0 N–H and O–H groups in total. The number of fused-ring (bicyclic) bond motifs is 3. The van der Waals surface area contributed by atoms with Gasteiger partial charge in [0.05, 0.1) is 30.7 Å². The van der Waals surface area contributed by atoms with Gasteiger partial charge in [-0.05, 0) is 70.4 Å². The zero-order chi connectivity index (χ0) is 18.2. The number of hydrogen-bond donors (Lipinski definition) is 0. The van der Waals surface area contributed by atoms with E-state index < -0.39 is 0 Å². The van der Waals surface area contributed by atoms with Crippen LogP contribution in [-0.2, 0) is 6.54 Å². The van der Waals surface area contributed by atoms with Crippen molar-refractivity contribution in [3.63, 3.8) is 0 Å². The van der Waals surface area contributed by atoms with Crippen molar-refractivity contribution in [3.8, 4) is 0 Å². The van der Waals surface area contributed by atoms with E-state index in [1.165, 1.54) is 33.0 Å². The van der Waals surface area contributed by atoms with E-state index >= 15 is 0 Å². The number of benzene rings is 1. The Morgan fingerprint density at radius 2 is 1.24 bits per heavy atom. The van der Waals surface area contributed by atoms with E-state index in [2.05, 4.69) is 53.7 Å². The minimum atomic E-state index is 1.03. The van der Waals surface area contributed by atoms with Gasteiger partial charge >= 0.3 is 0 Å². The van der Waals surface area contributed by atoms with E-state index in [0.29, 0.717) is 0 Å². The molecule has 0 unspecified atom stereocenters. The maximum Gasteiger partial charge on any atom is 0.105 e. The molecule has 0 aliphatic heterocycles. The SMILES string of the molecule is CC[N+](CC)(CC)Cc1c(C)c2cc(C)cnc2c2ncc(C)cc12. The molecule has 3 rings (SSSR count). The van der Waals surface area contributed by atoms with Crippen molar-refractivity contribution < 1.29 is 4.48 Å². The summed E-state index contributed by atoms with van der Waals surface area (Å²) in [6, 6.07) is 4.56. The summed E-state index contributed by atoms with van der Waals surface area (Å²) < 4.78 is 1.11. The predicted octanol–water partition coefficient (Wildman–Crippen LogP) is 5.08. The minimum absolute atomic E-state index is 1.03. The molecular formula is C22H30N3+. The summed E-state index contributed by atoms with van der Waals surface area (Å²) in [5, 5.41) is 2.53. The Kier molecular flexibility index (Phi) is 4.79. The van der Waals surface area contributed by atoms with E-state index in [1.54, 1.807) is 0 Å². The molecule has 1 aromatic carbocycles. The summed E-state index contributed by atoms with van der Waals surface area (Å²) in [4.78, 5) is 9.51. The Labute approximate surface area is 151 Å². The normalized spacial score (nSPS) is 12.2. The predicted molar refractivity (Wildman–Crippen MR) is 107 cm³/mol. The van der Waals surface area contributed by atoms with Crippen LogP contribution in [0.4, 0.5) is 0 Å². The van der Waals surface area contributed by atoms with Crippen LogP contribution in [0.1, 0.15) is 43.0 Å². The van der Waals surface area contributed by atoms with Gasteiger partial charge in [-0.15, -0.1) is 0 Å². The summed E-state index contributed by atoms with van der Waals surface area (Å²) in [5.74, 6) is 0. The fourth-order valence-electron chi connectivity index (χ4n) is 3.94. The van der Waals surface area contributed by atoms with Gasteiger partial charge in [-0.25, -0.2) is 0 Å². The topological polar surface area (TPSA) is 25.8 Å². The maximum atomic E-state index is 4.78. The van der Waals surface area contributed by atoms with Crippen molar-refractivity contribution in [2.45, 2.75) is 48.1 Å². The molecule has 3 nitrogen and oxygen atoms in total. The molecule has 3 aromatic rings. The average Bonchev–Trinajstić information content (AvgIpc) is 2.62. The second-order valence-electron chi connectivity index (χ2n) is 7.37. The van der Waals surface area contributed by atoms with Crippen LogP contribution in [0.2, 0.25) is 0 Å². The summed E-state index contributed by atoms with van der Waals surface area (Å²) in [6.07, 6.45) is 3.91. The molecule has 0 aliphatic rings. The zero-order valence-corrected chi connectivity index (χ0v) is 16.5. The fraction of sp³-hybridized carbons (Fsp3) is 0.455. The minimum Gasteiger partial charge on any atom is -0.321 e. The first-order valence-electron chi connectivity index (χ1n) is 9.44. The smallest absolute Gasteiger partial charge is 0.105 e. The van der Waals surface area contributed by atoms with Gasteiger partial charge in [0.2, 0.25) is 0 Å². The highest BCUT2D eigenvalue weighted by atomic mass is 15.3. The molecule has 3 heteroatoms. The molecule has 0 amide bonds. The van der Waals surface area contributed by atoms with Crippen LogP contribution in [0.15, 0.2) is 24.5 Å². The highest BCUT2D eigenvalue weighted by molar-refractivity contribution is 6.06. The van der Waals surface area contributed by atoms with Crippen molar-refractivity contribution in [1.29, 1.82) is 0 Å². The molecule has 0 spiro atoms. The molecule has 0 bridgehead atoms. The Bertz CT molecular complexity index is 915. The van der Waals surface area contributed by atoms with E-state index in [9.17, 15) is 0 Å². The Balaban J connectivity index is 2.38. The lowest BCUT2D eigenvalue weighted by Crippen LogP contribution is -2.46. The second-order valence-corrected chi connectivity index (χ2v) is 7.37. The van der Waals surface area contributed by atoms with Gasteiger partial charge in [-0.2, -0.15) is 0 Å². The van der Waals surface area contributed by atoms with Gasteiger partial charge in [-0.3, -0.25) is 9.97 Å². The van der Waals surface area contributed by atoms with Crippen molar-refractivity contribution in [1.82, 2.24) is 9.97 Å². The first-order valence-corrected chi connectivity index (χ1v) is 9.44. The lowest BCUT2D eigenvalue weighted by molar-refractivity contribution is -0.936. The zero-order valence-electron chi connectivity index (χ0n) is 16.5. The molecule has 0 aliphatic carbocycles. The largest absolute Gasteiger partial charge is 0.321 e. The lowest BCUT2D eigenvalue weighted by Gasteiger charge is -2.36. The van der Waals surface area contributed by atoms with E-state index in [0.717, 1.165) is 41.7 Å². The maximum absolute atomic E-state index is 4.78. The van der Waals surface area contributed by atoms with Gasteiger partial charge in [-0.1, -0.05) is 0 Å². The molecule has 132 valence electrons. The van der Waals surface area contributed by atoms with Gasteiger partial charge in [0, 0.05) is 28.7 Å². The number of pyridine rings is 2. The molecule has 25 heavy (non-hydrogen) atoms. The Morgan fingerprint density at radius 3 is 1.76 bits per heavy atom. The van der Waals surface area contributed by atoms with Gasteiger partial charge < -0.3 is 4.48 Å². The van der Waals surface area contributed by atoms with Crippen LogP contribution >= 0.6 is 0 Å². The fourth-order valence-corrected chi connectivity index (χ4v) is 3.94. The molecule has 2 heterocycles. The van der Waals surface area contributed by atoms with Crippen LogP contribution in [0.25, 0.3) is 21.8 Å². The van der Waals surface area contributed by atoms with Crippen LogP contribution in [0.3, 0.4) is 0 Å². The highest BCUT2D eigenvalue weighted by Crippen LogP contribution is 2.33. The second kappa shape index (κ2) is 6.72. The molecular weight excluding hydrogens is 306 g/mol. The van der Waals surface area contributed by atoms with Crippen molar-refractivity contribution in [3.05, 3.63) is 46.8 Å². The molecule has 0 atom stereocenters. The Hall–Kier alpha value is -2.00. The molecule has 2 aromatic heterocycles. The van der Waals surface area contributed by atoms with Crippen LogP contribution < -0.4 is 0 Å². The van der Waals surface area contributed by atoms with Gasteiger partial charge in [0.25, 0.3) is 0 Å². The first-order chi connectivity index (χ1) is 11.9. The molecule has 0 saturated carbocycles. The quantitative estimate of drug-likeness (QED) is 0.479. The number of aromatic nitrogens is 2. The summed E-state index contributed by atoms with van der Waals surface area (Å²) >= 11 is 0. The summed E-state index contributed by atoms with van der Waals surface area (Å²) in [6.45, 7) is 17.9. The van der Waals surface area contributed by atoms with Crippen LogP contribution in [0, 0.1) is 20.8 Å². The number of nitrogens with zero attached hydrogens (tertiary/aromatic N) is 3. The monoisotopic (exact) mass is 336 g/mol. The number of aryl methyl sites for hydroxylation is 3. The standard InChI is InChI=1S/C22H30N3/c1-7-25(8-2,9-3)14-20-17(6)18-10-15(4)12-23-21(18)22-19(20)11-16(5)13-24-22/h10-13H,7-9,14H2,1-6H3/q+1. The number of rotatable bonds is 5. The van der Waals surface area contributed by atoms with Crippen molar-refractivity contribution >= 4 is 21.8 Å². The summed E-state index contributed by atoms with van der Waals surface area (Å²) in [5.41, 5.74) is 7.30. The first kappa shape index (κ1) is 17.8. The number of quaternary nitrogens is 1. The van der Waals surface area contributed by atoms with Crippen LogP contribution in [-0.4, -0.2) is 34.1 Å². The van der Waals surface area contributed by atoms with Gasteiger partial charge in [0.1, 0.15) is 6.54 Å². The third kappa shape index (κ3) is 3.02. The van der Waals surface area contributed by atoms with E-state index in [-0.39, 0.29) is 0 Å². The molecule has 0 fully saturated rings. The highest BCUT2D eigenvalue weighted by Gasteiger charge is 2.25. The van der Waals surface area contributed by atoms with E-state index in [1.807, 2.05) is 12.4 Å². The number of hydrogen-bond acceptors (Lipinski definition) is 2. The average molecular weight is 337 g/mol. The van der Waals surface area contributed by atoms with Crippen LogP contribution in [0.5, 0.6) is 0 Å². The van der Waals surface area contributed by atoms with Gasteiger partial charge in [0.15, 0.2) is 0 Å². The third-order valence-corrected chi connectivity index (χ3v) is 5.96. The Morgan fingerprint density at radius 1 is 0.760 bits per heavy atom.